The largest absolute Gasteiger partial charge is 0.357 e. The fourth-order valence-corrected chi connectivity index (χ4v) is 3.60. The number of nitrogens with zero attached hydrogens (tertiary/aromatic N) is 5. The lowest BCUT2D eigenvalue weighted by molar-refractivity contribution is -0.384. The Morgan fingerprint density at radius 2 is 2.07 bits per heavy atom. The molecule has 8 nitrogen and oxygen atoms in total. The van der Waals surface area contributed by atoms with Gasteiger partial charge in [0.1, 0.15) is 11.9 Å². The van der Waals surface area contributed by atoms with E-state index < -0.39 is 4.92 Å². The number of nitro groups is 1. The summed E-state index contributed by atoms with van der Waals surface area (Å²) in [6.45, 7) is 3.31. The maximum Gasteiger partial charge on any atom is 0.269 e. The van der Waals surface area contributed by atoms with E-state index in [1.54, 1.807) is 36.3 Å². The van der Waals surface area contributed by atoms with Gasteiger partial charge in [-0.2, -0.15) is 5.26 Å². The van der Waals surface area contributed by atoms with Crippen LogP contribution in [0.4, 0.5) is 11.5 Å². The zero-order valence-corrected chi connectivity index (χ0v) is 16.5. The normalized spacial score (nSPS) is 15.4. The predicted molar refractivity (Wildman–Crippen MR) is 108 cm³/mol. The van der Waals surface area contributed by atoms with Crippen molar-refractivity contribution in [2.75, 3.05) is 25.0 Å². The summed E-state index contributed by atoms with van der Waals surface area (Å²) >= 11 is 0. The van der Waals surface area contributed by atoms with Crippen LogP contribution in [0, 0.1) is 27.4 Å². The van der Waals surface area contributed by atoms with Gasteiger partial charge in [0, 0.05) is 44.4 Å². The highest BCUT2D eigenvalue weighted by Gasteiger charge is 2.30. The number of nitro benzene ring substituents is 1. The maximum absolute atomic E-state index is 13.0. The number of pyridine rings is 1. The number of carbonyl (C=O) groups is 1. The van der Waals surface area contributed by atoms with Gasteiger partial charge in [0.15, 0.2) is 0 Å². The molecule has 0 spiro atoms. The van der Waals surface area contributed by atoms with Crippen molar-refractivity contribution >= 4 is 17.4 Å². The molecule has 0 radical (unpaired) electrons. The Kier molecular flexibility index (Phi) is 6.07. The summed E-state index contributed by atoms with van der Waals surface area (Å²) in [5.74, 6) is 0.778. The number of piperidine rings is 1. The molecule has 150 valence electrons. The Morgan fingerprint density at radius 1 is 1.34 bits per heavy atom. The van der Waals surface area contributed by atoms with Gasteiger partial charge in [0.25, 0.3) is 5.69 Å². The van der Waals surface area contributed by atoms with Crippen LogP contribution in [0.5, 0.6) is 0 Å². The smallest absolute Gasteiger partial charge is 0.269 e. The van der Waals surface area contributed by atoms with Gasteiger partial charge in [0.05, 0.1) is 16.5 Å². The first-order valence-corrected chi connectivity index (χ1v) is 9.53. The second-order valence-electron chi connectivity index (χ2n) is 7.26. The van der Waals surface area contributed by atoms with E-state index in [0.717, 1.165) is 11.4 Å². The monoisotopic (exact) mass is 393 g/mol. The number of carbonyl (C=O) groups excluding carboxylic acids is 1. The molecule has 1 aromatic carbocycles. The molecule has 8 heteroatoms. The van der Waals surface area contributed by atoms with E-state index in [-0.39, 0.29) is 23.6 Å². The summed E-state index contributed by atoms with van der Waals surface area (Å²) in [7, 11) is 1.75. The fraction of sp³-hybridized carbons (Fsp3) is 0.381. The van der Waals surface area contributed by atoms with Gasteiger partial charge in [-0.15, -0.1) is 0 Å². The average Bonchev–Trinajstić information content (AvgIpc) is 2.77. The van der Waals surface area contributed by atoms with Crippen molar-refractivity contribution in [3.05, 3.63) is 63.8 Å². The highest BCUT2D eigenvalue weighted by molar-refractivity contribution is 5.79. The molecule has 1 amide bonds. The molecule has 2 aromatic rings. The molecule has 29 heavy (non-hydrogen) atoms. The first-order chi connectivity index (χ1) is 13.9. The van der Waals surface area contributed by atoms with Crippen LogP contribution < -0.4 is 4.90 Å². The zero-order chi connectivity index (χ0) is 21.0. The van der Waals surface area contributed by atoms with Crippen LogP contribution >= 0.6 is 0 Å². The molecule has 1 aliphatic heterocycles. The van der Waals surface area contributed by atoms with Crippen LogP contribution in [0.3, 0.4) is 0 Å². The van der Waals surface area contributed by atoms with E-state index in [4.69, 9.17) is 5.26 Å². The van der Waals surface area contributed by atoms with E-state index >= 15 is 0 Å². The SMILES string of the molecule is CC(c1cccc([N+](=O)[O-])c1)N(C)C(=O)C1CCN(c2ccc(C#N)cn2)CC1. The Bertz CT molecular complexity index is 930. The molecule has 1 atom stereocenters. The number of nitriles is 1. The van der Waals surface area contributed by atoms with E-state index in [1.807, 2.05) is 13.0 Å². The highest BCUT2D eigenvalue weighted by Crippen LogP contribution is 2.28. The second kappa shape index (κ2) is 8.69. The number of non-ortho nitro benzene ring substituents is 1. The van der Waals surface area contributed by atoms with E-state index in [1.165, 1.54) is 12.1 Å². The minimum absolute atomic E-state index is 0.0263. The standard InChI is InChI=1S/C21H23N5O3/c1-15(18-4-3-5-19(12-18)26(28)29)24(2)21(27)17-8-10-25(11-9-17)20-7-6-16(13-22)14-23-20/h3-7,12,14-15,17H,8-11H2,1-2H3. The third-order valence-corrected chi connectivity index (χ3v) is 5.54. The Balaban J connectivity index is 1.61. The van der Waals surface area contributed by atoms with E-state index in [2.05, 4.69) is 16.0 Å². The number of aromatic nitrogens is 1. The van der Waals surface area contributed by atoms with E-state index in [9.17, 15) is 14.9 Å². The lowest BCUT2D eigenvalue weighted by Crippen LogP contribution is -2.42. The van der Waals surface area contributed by atoms with Crippen molar-refractivity contribution in [3.63, 3.8) is 0 Å². The van der Waals surface area contributed by atoms with Gasteiger partial charge < -0.3 is 9.80 Å². The number of amides is 1. The molecule has 0 N–H and O–H groups in total. The van der Waals surface area contributed by atoms with Crippen molar-refractivity contribution in [1.29, 1.82) is 5.26 Å². The van der Waals surface area contributed by atoms with Crippen molar-refractivity contribution in [1.82, 2.24) is 9.88 Å². The molecule has 1 unspecified atom stereocenters. The summed E-state index contributed by atoms with van der Waals surface area (Å²) in [5, 5.41) is 19.9. The molecule has 1 aromatic heterocycles. The number of anilines is 1. The maximum atomic E-state index is 13.0. The zero-order valence-electron chi connectivity index (χ0n) is 16.5. The van der Waals surface area contributed by atoms with Gasteiger partial charge in [-0.1, -0.05) is 12.1 Å². The summed E-state index contributed by atoms with van der Waals surface area (Å²) in [4.78, 5) is 31.7. The molecule has 0 saturated carbocycles. The van der Waals surface area contributed by atoms with E-state index in [0.29, 0.717) is 31.5 Å². The molecule has 1 fully saturated rings. The quantitative estimate of drug-likeness (QED) is 0.570. The number of hydrogen-bond acceptors (Lipinski definition) is 6. The van der Waals surface area contributed by atoms with Crippen LogP contribution in [-0.2, 0) is 4.79 Å². The van der Waals surface area contributed by atoms with Gasteiger partial charge in [-0.3, -0.25) is 14.9 Å². The second-order valence-corrected chi connectivity index (χ2v) is 7.26. The predicted octanol–water partition coefficient (Wildman–Crippen LogP) is 3.30. The third-order valence-electron chi connectivity index (χ3n) is 5.54. The summed E-state index contributed by atoms with van der Waals surface area (Å²) < 4.78 is 0. The Hall–Kier alpha value is -3.47. The van der Waals surface area contributed by atoms with Crippen molar-refractivity contribution < 1.29 is 9.72 Å². The topological polar surface area (TPSA) is 103 Å². The van der Waals surface area contributed by atoms with Gasteiger partial charge in [-0.25, -0.2) is 4.98 Å². The number of benzene rings is 1. The number of rotatable bonds is 5. The highest BCUT2D eigenvalue weighted by atomic mass is 16.6. The summed E-state index contributed by atoms with van der Waals surface area (Å²) in [6, 6.07) is 11.8. The van der Waals surface area contributed by atoms with Crippen LogP contribution in [0.15, 0.2) is 42.6 Å². The minimum Gasteiger partial charge on any atom is -0.357 e. The number of hydrogen-bond donors (Lipinski definition) is 0. The van der Waals surface area contributed by atoms with Crippen molar-refractivity contribution in [2.45, 2.75) is 25.8 Å². The summed E-state index contributed by atoms with van der Waals surface area (Å²) in [6.07, 6.45) is 2.99. The Morgan fingerprint density at radius 3 is 2.66 bits per heavy atom. The first kappa shape index (κ1) is 20.3. The molecule has 1 aliphatic rings. The molecule has 1 saturated heterocycles. The van der Waals surface area contributed by atoms with Crippen LogP contribution in [0.25, 0.3) is 0 Å². The molecule has 0 aliphatic carbocycles. The van der Waals surface area contributed by atoms with Crippen molar-refractivity contribution in [3.8, 4) is 6.07 Å². The van der Waals surface area contributed by atoms with Gasteiger partial charge in [-0.05, 0) is 37.5 Å². The molecular weight excluding hydrogens is 370 g/mol. The average molecular weight is 393 g/mol. The molecular formula is C21H23N5O3. The van der Waals surface area contributed by atoms with Crippen LogP contribution in [-0.4, -0.2) is 40.9 Å². The molecule has 0 bridgehead atoms. The molecule has 3 rings (SSSR count). The first-order valence-electron chi connectivity index (χ1n) is 9.53. The van der Waals surface area contributed by atoms with Gasteiger partial charge in [0.2, 0.25) is 5.91 Å². The lowest BCUT2D eigenvalue weighted by atomic mass is 9.94. The van der Waals surface area contributed by atoms with Crippen molar-refractivity contribution in [2.24, 2.45) is 5.92 Å². The van der Waals surface area contributed by atoms with Gasteiger partial charge >= 0.3 is 0 Å². The minimum atomic E-state index is -0.426. The third kappa shape index (κ3) is 4.51. The summed E-state index contributed by atoms with van der Waals surface area (Å²) in [5.41, 5.74) is 1.29. The van der Waals surface area contributed by atoms with Crippen LogP contribution in [0.1, 0.15) is 36.9 Å². The lowest BCUT2D eigenvalue weighted by Gasteiger charge is -2.35. The molecule has 2 heterocycles. The fourth-order valence-electron chi connectivity index (χ4n) is 3.60. The Labute approximate surface area is 169 Å². The van der Waals surface area contributed by atoms with Crippen LogP contribution in [0.2, 0.25) is 0 Å².